The van der Waals surface area contributed by atoms with E-state index >= 15 is 0 Å². The van der Waals surface area contributed by atoms with Crippen LogP contribution in [0.3, 0.4) is 0 Å². The second-order valence-corrected chi connectivity index (χ2v) is 10.7. The average Bonchev–Trinajstić information content (AvgIpc) is 3.35. The summed E-state index contributed by atoms with van der Waals surface area (Å²) in [6.45, 7) is 8.96. The maximum absolute atomic E-state index is 13.6. The van der Waals surface area contributed by atoms with Crippen LogP contribution in [0.5, 0.6) is 5.75 Å². The van der Waals surface area contributed by atoms with Gasteiger partial charge in [-0.3, -0.25) is 9.59 Å². The second-order valence-electron chi connectivity index (χ2n) is 10.7. The second kappa shape index (κ2) is 12.2. The predicted molar refractivity (Wildman–Crippen MR) is 141 cm³/mol. The Labute approximate surface area is 211 Å². The van der Waals surface area contributed by atoms with Crippen LogP contribution in [0.4, 0.5) is 0 Å². The number of hydrogen-bond donors (Lipinski definition) is 1. The summed E-state index contributed by atoms with van der Waals surface area (Å²) in [5, 5.41) is 3.21. The number of nitrogens with one attached hydrogen (secondary N) is 1. The molecule has 2 amide bonds. The summed E-state index contributed by atoms with van der Waals surface area (Å²) in [4.78, 5) is 28.6. The highest BCUT2D eigenvalue weighted by molar-refractivity contribution is 5.88. The van der Waals surface area contributed by atoms with Crippen molar-refractivity contribution >= 4 is 11.8 Å². The summed E-state index contributed by atoms with van der Waals surface area (Å²) >= 11 is 0. The van der Waals surface area contributed by atoms with E-state index in [1.165, 1.54) is 5.56 Å². The van der Waals surface area contributed by atoms with E-state index in [2.05, 4.69) is 50.4 Å². The molecular formula is C30H42N2O3. The van der Waals surface area contributed by atoms with Gasteiger partial charge < -0.3 is 15.0 Å². The SMILES string of the molecule is CC[C@H](C(=O)NC1CCCC1)N(Cc1cccc(OC)c1)C(=O)CCc1ccc(C(C)(C)C)cc1. The molecule has 1 atom stereocenters. The molecule has 35 heavy (non-hydrogen) atoms. The quantitative estimate of drug-likeness (QED) is 0.470. The van der Waals surface area contributed by atoms with E-state index in [1.54, 1.807) is 12.0 Å². The van der Waals surface area contributed by atoms with Gasteiger partial charge >= 0.3 is 0 Å². The van der Waals surface area contributed by atoms with Crippen LogP contribution in [0.15, 0.2) is 48.5 Å². The van der Waals surface area contributed by atoms with Crippen molar-refractivity contribution in [3.05, 3.63) is 65.2 Å². The largest absolute Gasteiger partial charge is 0.497 e. The molecule has 3 rings (SSSR count). The van der Waals surface area contributed by atoms with Gasteiger partial charge in [-0.1, -0.05) is 76.9 Å². The normalized spacial score (nSPS) is 15.0. The van der Waals surface area contributed by atoms with Gasteiger partial charge in [0.1, 0.15) is 11.8 Å². The summed E-state index contributed by atoms with van der Waals surface area (Å²) in [5.41, 5.74) is 3.47. The zero-order chi connectivity index (χ0) is 25.4. The molecule has 2 aromatic carbocycles. The van der Waals surface area contributed by atoms with E-state index in [0.717, 1.165) is 42.6 Å². The smallest absolute Gasteiger partial charge is 0.243 e. The molecule has 0 bridgehead atoms. The van der Waals surface area contributed by atoms with E-state index in [4.69, 9.17) is 4.74 Å². The third kappa shape index (κ3) is 7.58. The minimum Gasteiger partial charge on any atom is -0.497 e. The summed E-state index contributed by atoms with van der Waals surface area (Å²) in [5.74, 6) is 0.712. The van der Waals surface area contributed by atoms with Crippen molar-refractivity contribution in [2.24, 2.45) is 0 Å². The predicted octanol–water partition coefficient (Wildman–Crippen LogP) is 5.79. The third-order valence-corrected chi connectivity index (χ3v) is 7.02. The molecule has 0 saturated heterocycles. The van der Waals surface area contributed by atoms with Gasteiger partial charge in [0.15, 0.2) is 0 Å². The van der Waals surface area contributed by atoms with Crippen LogP contribution in [-0.4, -0.2) is 35.9 Å². The van der Waals surface area contributed by atoms with E-state index in [1.807, 2.05) is 31.2 Å². The van der Waals surface area contributed by atoms with Crippen molar-refractivity contribution in [3.8, 4) is 5.75 Å². The Morgan fingerprint density at radius 3 is 2.34 bits per heavy atom. The van der Waals surface area contributed by atoms with Crippen LogP contribution in [-0.2, 0) is 28.0 Å². The molecule has 0 aromatic heterocycles. The first-order valence-corrected chi connectivity index (χ1v) is 13.0. The Kier molecular flexibility index (Phi) is 9.36. The maximum Gasteiger partial charge on any atom is 0.243 e. The molecule has 1 fully saturated rings. The van der Waals surface area contributed by atoms with Gasteiger partial charge in [0.05, 0.1) is 7.11 Å². The van der Waals surface area contributed by atoms with E-state index < -0.39 is 6.04 Å². The number of carbonyl (C=O) groups is 2. The first-order valence-electron chi connectivity index (χ1n) is 13.0. The fourth-order valence-electron chi connectivity index (χ4n) is 4.82. The molecule has 5 heteroatoms. The van der Waals surface area contributed by atoms with Gasteiger partial charge in [-0.15, -0.1) is 0 Å². The van der Waals surface area contributed by atoms with Crippen molar-refractivity contribution in [2.75, 3.05) is 7.11 Å². The van der Waals surface area contributed by atoms with Gasteiger partial charge in [-0.2, -0.15) is 0 Å². The zero-order valence-corrected chi connectivity index (χ0v) is 22.1. The number of carbonyl (C=O) groups excluding carboxylic acids is 2. The number of hydrogen-bond acceptors (Lipinski definition) is 3. The van der Waals surface area contributed by atoms with Crippen LogP contribution in [0.1, 0.15) is 82.9 Å². The monoisotopic (exact) mass is 478 g/mol. The zero-order valence-electron chi connectivity index (χ0n) is 22.1. The number of nitrogens with zero attached hydrogens (tertiary/aromatic N) is 1. The molecule has 2 aromatic rings. The van der Waals surface area contributed by atoms with Gasteiger partial charge in [0.25, 0.3) is 0 Å². The number of ether oxygens (including phenoxy) is 1. The van der Waals surface area contributed by atoms with Gasteiger partial charge in [0, 0.05) is 19.0 Å². The van der Waals surface area contributed by atoms with Crippen molar-refractivity contribution in [2.45, 2.75) is 96.7 Å². The lowest BCUT2D eigenvalue weighted by Gasteiger charge is -2.31. The van der Waals surface area contributed by atoms with Crippen LogP contribution >= 0.6 is 0 Å². The molecule has 0 heterocycles. The highest BCUT2D eigenvalue weighted by Gasteiger charge is 2.30. The van der Waals surface area contributed by atoms with Crippen LogP contribution < -0.4 is 10.1 Å². The number of aryl methyl sites for hydroxylation is 1. The minimum atomic E-state index is -0.488. The molecule has 5 nitrogen and oxygen atoms in total. The van der Waals surface area contributed by atoms with Gasteiger partial charge in [-0.05, 0) is 59.9 Å². The number of methoxy groups -OCH3 is 1. The van der Waals surface area contributed by atoms with Crippen LogP contribution in [0.25, 0.3) is 0 Å². The third-order valence-electron chi connectivity index (χ3n) is 7.02. The Hall–Kier alpha value is -2.82. The Morgan fingerprint density at radius 2 is 1.74 bits per heavy atom. The number of rotatable bonds is 10. The first-order chi connectivity index (χ1) is 16.7. The molecule has 0 aliphatic heterocycles. The summed E-state index contributed by atoms with van der Waals surface area (Å²) < 4.78 is 5.38. The highest BCUT2D eigenvalue weighted by atomic mass is 16.5. The summed E-state index contributed by atoms with van der Waals surface area (Å²) in [6, 6.07) is 16.0. The van der Waals surface area contributed by atoms with Crippen molar-refractivity contribution in [1.82, 2.24) is 10.2 Å². The van der Waals surface area contributed by atoms with E-state index in [-0.39, 0.29) is 23.3 Å². The Balaban J connectivity index is 1.75. The lowest BCUT2D eigenvalue weighted by Crippen LogP contribution is -2.51. The molecule has 1 N–H and O–H groups in total. The average molecular weight is 479 g/mol. The molecule has 1 aliphatic rings. The summed E-state index contributed by atoms with van der Waals surface area (Å²) in [7, 11) is 1.64. The molecule has 0 radical (unpaired) electrons. The van der Waals surface area contributed by atoms with Gasteiger partial charge in [0.2, 0.25) is 11.8 Å². The first kappa shape index (κ1) is 26.8. The Bertz CT molecular complexity index is 972. The fraction of sp³-hybridized carbons (Fsp3) is 0.533. The molecule has 1 aliphatic carbocycles. The molecule has 0 unspecified atom stereocenters. The molecule has 0 spiro atoms. The number of amides is 2. The van der Waals surface area contributed by atoms with Gasteiger partial charge in [-0.25, -0.2) is 0 Å². The lowest BCUT2D eigenvalue weighted by atomic mass is 9.86. The lowest BCUT2D eigenvalue weighted by molar-refractivity contribution is -0.141. The molecule has 1 saturated carbocycles. The standard InChI is InChI=1S/C30H42N2O3/c1-6-27(29(34)31-25-11-7-8-12-25)32(21-23-10-9-13-26(20-23)35-5)28(33)19-16-22-14-17-24(18-15-22)30(2,3)4/h9-10,13-15,17-18,20,25,27H,6-8,11-12,16,19,21H2,1-5H3,(H,31,34)/t27-/m1/s1. The topological polar surface area (TPSA) is 58.6 Å². The van der Waals surface area contributed by atoms with Crippen molar-refractivity contribution in [3.63, 3.8) is 0 Å². The van der Waals surface area contributed by atoms with Crippen molar-refractivity contribution in [1.29, 1.82) is 0 Å². The maximum atomic E-state index is 13.6. The minimum absolute atomic E-state index is 0.00106. The van der Waals surface area contributed by atoms with Crippen LogP contribution in [0.2, 0.25) is 0 Å². The van der Waals surface area contributed by atoms with E-state index in [0.29, 0.717) is 25.8 Å². The van der Waals surface area contributed by atoms with E-state index in [9.17, 15) is 9.59 Å². The van der Waals surface area contributed by atoms with Crippen molar-refractivity contribution < 1.29 is 14.3 Å². The molecular weight excluding hydrogens is 436 g/mol. The Morgan fingerprint density at radius 1 is 1.06 bits per heavy atom. The highest BCUT2D eigenvalue weighted by Crippen LogP contribution is 2.24. The number of benzene rings is 2. The summed E-state index contributed by atoms with van der Waals surface area (Å²) in [6.07, 6.45) is 5.96. The van der Waals surface area contributed by atoms with Crippen LogP contribution in [0, 0.1) is 0 Å². The molecule has 190 valence electrons. The fourth-order valence-corrected chi connectivity index (χ4v) is 4.82.